The molecule has 34 heavy (non-hydrogen) atoms. The number of halogens is 1. The highest BCUT2D eigenvalue weighted by Crippen LogP contribution is 2.37. The summed E-state index contributed by atoms with van der Waals surface area (Å²) in [5.74, 6) is -1.77. The molecule has 0 saturated carbocycles. The topological polar surface area (TPSA) is 113 Å². The summed E-state index contributed by atoms with van der Waals surface area (Å²) in [5, 5.41) is 11.3. The summed E-state index contributed by atoms with van der Waals surface area (Å²) in [6, 6.07) is 11.7. The van der Waals surface area contributed by atoms with Gasteiger partial charge in [0.2, 0.25) is 5.91 Å². The molecule has 3 amide bonds. The van der Waals surface area contributed by atoms with Crippen LogP contribution in [0.5, 0.6) is 0 Å². The van der Waals surface area contributed by atoms with Gasteiger partial charge in [0.05, 0.1) is 15.5 Å². The van der Waals surface area contributed by atoms with Crippen LogP contribution in [0.15, 0.2) is 65.3 Å². The molecule has 2 aromatic rings. The minimum atomic E-state index is -1.12. The lowest BCUT2D eigenvalue weighted by Crippen LogP contribution is -2.36. The molecule has 2 N–H and O–H groups in total. The van der Waals surface area contributed by atoms with E-state index in [0.717, 1.165) is 22.2 Å². The number of nitrogens with one attached hydrogen (secondary N) is 1. The SMILES string of the molecule is Cc1ccc(NC(=O)CN2C(=O)S/C(=C\C3=CCC(c4ccc(C(=O)O)c(Cl)c4)O3)C2=O)cc1. The van der Waals surface area contributed by atoms with E-state index in [1.165, 1.54) is 18.2 Å². The fraction of sp³-hybridized carbons (Fsp3) is 0.167. The first-order valence-corrected chi connectivity index (χ1v) is 11.4. The molecule has 2 aromatic carbocycles. The fourth-order valence-corrected chi connectivity index (χ4v) is 4.52. The Morgan fingerprint density at radius 3 is 2.65 bits per heavy atom. The van der Waals surface area contributed by atoms with E-state index in [0.29, 0.717) is 23.4 Å². The minimum absolute atomic E-state index is 0.00307. The van der Waals surface area contributed by atoms with Crippen molar-refractivity contribution in [3.8, 4) is 0 Å². The molecule has 0 aliphatic carbocycles. The average molecular weight is 499 g/mol. The number of carbonyl (C=O) groups is 4. The second kappa shape index (κ2) is 9.74. The number of carboxylic acids is 1. The molecule has 2 heterocycles. The number of aryl methyl sites for hydroxylation is 1. The van der Waals surface area contributed by atoms with E-state index in [9.17, 15) is 19.2 Å². The number of allylic oxidation sites excluding steroid dienone is 1. The van der Waals surface area contributed by atoms with Crippen molar-refractivity contribution in [3.05, 3.63) is 87.0 Å². The van der Waals surface area contributed by atoms with Gasteiger partial charge in [-0.05, 0) is 60.7 Å². The second-order valence-corrected chi connectivity index (χ2v) is 9.08. The summed E-state index contributed by atoms with van der Waals surface area (Å²) in [6.07, 6.45) is 3.32. The summed E-state index contributed by atoms with van der Waals surface area (Å²) in [5.41, 5.74) is 2.30. The first-order chi connectivity index (χ1) is 16.2. The zero-order valence-electron chi connectivity index (χ0n) is 17.9. The maximum absolute atomic E-state index is 12.7. The molecule has 10 heteroatoms. The van der Waals surface area contributed by atoms with E-state index in [1.54, 1.807) is 24.3 Å². The molecule has 0 aromatic heterocycles. The zero-order chi connectivity index (χ0) is 24.4. The van der Waals surface area contributed by atoms with Gasteiger partial charge in [-0.25, -0.2) is 4.79 Å². The molecule has 1 atom stereocenters. The predicted octanol–water partition coefficient (Wildman–Crippen LogP) is 4.91. The molecule has 1 fully saturated rings. The quantitative estimate of drug-likeness (QED) is 0.544. The van der Waals surface area contributed by atoms with E-state index in [1.807, 2.05) is 19.1 Å². The van der Waals surface area contributed by atoms with Crippen molar-refractivity contribution in [1.82, 2.24) is 4.90 Å². The van der Waals surface area contributed by atoms with Crippen LogP contribution in [0.4, 0.5) is 10.5 Å². The number of ether oxygens (including phenoxy) is 1. The number of carbonyl (C=O) groups excluding carboxylic acids is 3. The van der Waals surface area contributed by atoms with Crippen LogP contribution in [0.1, 0.15) is 34.0 Å². The summed E-state index contributed by atoms with van der Waals surface area (Å²) in [4.78, 5) is 49.5. The molecule has 0 spiro atoms. The molecule has 0 bridgehead atoms. The van der Waals surface area contributed by atoms with Gasteiger partial charge in [0.1, 0.15) is 18.4 Å². The van der Waals surface area contributed by atoms with E-state index < -0.39 is 35.7 Å². The van der Waals surface area contributed by atoms with E-state index in [4.69, 9.17) is 21.4 Å². The number of nitrogens with zero attached hydrogens (tertiary/aromatic N) is 1. The van der Waals surface area contributed by atoms with Crippen molar-refractivity contribution in [2.45, 2.75) is 19.4 Å². The number of aromatic carboxylic acids is 1. The Morgan fingerprint density at radius 2 is 1.97 bits per heavy atom. The van der Waals surface area contributed by atoms with E-state index >= 15 is 0 Å². The molecule has 1 unspecified atom stereocenters. The molecule has 0 radical (unpaired) electrons. The van der Waals surface area contributed by atoms with Gasteiger partial charge in [-0.15, -0.1) is 0 Å². The Bertz CT molecular complexity index is 1250. The number of imide groups is 1. The Balaban J connectivity index is 1.38. The summed E-state index contributed by atoms with van der Waals surface area (Å²) in [7, 11) is 0. The maximum Gasteiger partial charge on any atom is 0.337 e. The van der Waals surface area contributed by atoms with Crippen molar-refractivity contribution < 1.29 is 29.0 Å². The molecule has 4 rings (SSSR count). The van der Waals surface area contributed by atoms with Crippen molar-refractivity contribution in [2.24, 2.45) is 0 Å². The van der Waals surface area contributed by atoms with Crippen LogP contribution in [-0.2, 0) is 14.3 Å². The third-order valence-electron chi connectivity index (χ3n) is 5.19. The minimum Gasteiger partial charge on any atom is -0.486 e. The normalized spacial score (nSPS) is 18.8. The molecule has 2 aliphatic rings. The van der Waals surface area contributed by atoms with Gasteiger partial charge in [0.15, 0.2) is 0 Å². The average Bonchev–Trinajstić information content (AvgIpc) is 3.35. The molecule has 174 valence electrons. The van der Waals surface area contributed by atoms with Crippen LogP contribution >= 0.6 is 23.4 Å². The highest BCUT2D eigenvalue weighted by Gasteiger charge is 2.37. The molecule has 1 saturated heterocycles. The third kappa shape index (κ3) is 5.16. The van der Waals surface area contributed by atoms with E-state index in [2.05, 4.69) is 5.32 Å². The number of benzene rings is 2. The number of hydrogen-bond acceptors (Lipinski definition) is 6. The lowest BCUT2D eigenvalue weighted by atomic mass is 10.1. The smallest absolute Gasteiger partial charge is 0.337 e. The van der Waals surface area contributed by atoms with Gasteiger partial charge in [0.25, 0.3) is 11.1 Å². The van der Waals surface area contributed by atoms with Crippen LogP contribution in [0.3, 0.4) is 0 Å². The summed E-state index contributed by atoms with van der Waals surface area (Å²) in [6.45, 7) is 1.53. The molecular weight excluding hydrogens is 480 g/mol. The van der Waals surface area contributed by atoms with Crippen LogP contribution in [-0.4, -0.2) is 39.6 Å². The molecule has 2 aliphatic heterocycles. The number of hydrogen-bond donors (Lipinski definition) is 2. The predicted molar refractivity (Wildman–Crippen MR) is 128 cm³/mol. The van der Waals surface area contributed by atoms with Gasteiger partial charge < -0.3 is 15.2 Å². The number of amides is 3. The Morgan fingerprint density at radius 1 is 1.24 bits per heavy atom. The monoisotopic (exact) mass is 498 g/mol. The van der Waals surface area contributed by atoms with Gasteiger partial charge in [-0.2, -0.15) is 0 Å². The molecule has 8 nitrogen and oxygen atoms in total. The standard InChI is InChI=1S/C24H19ClN2O6S/c1-13-2-5-15(6-3-13)26-21(28)12-27-22(29)20(34-24(27)32)11-16-7-9-19(33-16)14-4-8-17(23(30)31)18(25)10-14/h2-8,10-11,19H,9,12H2,1H3,(H,26,28)(H,30,31)/b20-11-. The summed E-state index contributed by atoms with van der Waals surface area (Å²) < 4.78 is 5.86. The molecular formula is C24H19ClN2O6S. The number of anilines is 1. The highest BCUT2D eigenvalue weighted by atomic mass is 35.5. The second-order valence-electron chi connectivity index (χ2n) is 7.68. The first-order valence-electron chi connectivity index (χ1n) is 10.2. The van der Waals surface area contributed by atoms with Gasteiger partial charge in [0, 0.05) is 12.1 Å². The van der Waals surface area contributed by atoms with Crippen molar-refractivity contribution >= 4 is 52.1 Å². The Labute approximate surface area is 204 Å². The van der Waals surface area contributed by atoms with Gasteiger partial charge in [-0.1, -0.05) is 35.4 Å². The largest absolute Gasteiger partial charge is 0.486 e. The zero-order valence-corrected chi connectivity index (χ0v) is 19.5. The van der Waals surface area contributed by atoms with Crippen LogP contribution < -0.4 is 5.32 Å². The Kier molecular flexibility index (Phi) is 6.76. The fourth-order valence-electron chi connectivity index (χ4n) is 3.43. The maximum atomic E-state index is 12.7. The first kappa shape index (κ1) is 23.6. The lowest BCUT2D eigenvalue weighted by Gasteiger charge is -2.14. The lowest BCUT2D eigenvalue weighted by molar-refractivity contribution is -0.127. The number of carboxylic acid groups (broad SMARTS) is 1. The van der Waals surface area contributed by atoms with Crippen molar-refractivity contribution in [1.29, 1.82) is 0 Å². The van der Waals surface area contributed by atoms with Crippen molar-refractivity contribution in [2.75, 3.05) is 11.9 Å². The Hall–Kier alpha value is -3.56. The van der Waals surface area contributed by atoms with Gasteiger partial charge in [-0.3, -0.25) is 19.3 Å². The van der Waals surface area contributed by atoms with Crippen LogP contribution in [0, 0.1) is 6.92 Å². The van der Waals surface area contributed by atoms with Gasteiger partial charge >= 0.3 is 5.97 Å². The van der Waals surface area contributed by atoms with E-state index in [-0.39, 0.29) is 15.5 Å². The van der Waals surface area contributed by atoms with Crippen LogP contribution in [0.2, 0.25) is 5.02 Å². The third-order valence-corrected chi connectivity index (χ3v) is 6.41. The number of thioether (sulfide) groups is 1. The van der Waals surface area contributed by atoms with Crippen molar-refractivity contribution in [3.63, 3.8) is 0 Å². The highest BCUT2D eigenvalue weighted by molar-refractivity contribution is 8.18. The number of rotatable bonds is 6. The summed E-state index contributed by atoms with van der Waals surface area (Å²) >= 11 is 6.77. The van der Waals surface area contributed by atoms with Crippen LogP contribution in [0.25, 0.3) is 0 Å².